The van der Waals surface area contributed by atoms with Gasteiger partial charge in [-0.1, -0.05) is 41.9 Å². The second-order valence-electron chi connectivity index (χ2n) is 6.20. The molecule has 0 saturated carbocycles. The first-order valence-corrected chi connectivity index (χ1v) is 8.86. The summed E-state index contributed by atoms with van der Waals surface area (Å²) >= 11 is 5.97. The second-order valence-corrected chi connectivity index (χ2v) is 6.64. The number of carbonyl (C=O) groups is 1. The molecule has 0 radical (unpaired) electrons. The topological polar surface area (TPSA) is 58.2 Å². The van der Waals surface area contributed by atoms with Crippen LogP contribution in [0, 0.1) is 0 Å². The number of aromatic nitrogens is 2. The number of amides is 1. The Morgan fingerprint density at radius 3 is 2.69 bits per heavy atom. The van der Waals surface area contributed by atoms with Gasteiger partial charge >= 0.3 is 0 Å². The van der Waals surface area contributed by atoms with Crippen molar-refractivity contribution in [3.8, 4) is 17.0 Å². The molecule has 0 bridgehead atoms. The number of hydrogen-bond acceptors (Lipinski definition) is 3. The summed E-state index contributed by atoms with van der Waals surface area (Å²) < 4.78 is 5.59. The minimum Gasteiger partial charge on any atom is -0.484 e. The summed E-state index contributed by atoms with van der Waals surface area (Å²) in [6.07, 6.45) is 0.757. The molecule has 1 aromatic heterocycles. The van der Waals surface area contributed by atoms with Gasteiger partial charge in [-0.25, -0.2) is 0 Å². The number of para-hydroxylation sites is 1. The van der Waals surface area contributed by atoms with Gasteiger partial charge in [0.15, 0.2) is 6.61 Å². The first-order chi connectivity index (χ1) is 12.7. The minimum atomic E-state index is -0.0252. The molecule has 1 amide bonds. The van der Waals surface area contributed by atoms with Crippen LogP contribution in [0.1, 0.15) is 11.3 Å². The summed E-state index contributed by atoms with van der Waals surface area (Å²) in [5.74, 6) is 0.673. The predicted molar refractivity (Wildman–Crippen MR) is 100 cm³/mol. The van der Waals surface area contributed by atoms with Gasteiger partial charge in [0.25, 0.3) is 5.91 Å². The molecule has 0 saturated heterocycles. The fourth-order valence-corrected chi connectivity index (χ4v) is 3.23. The molecule has 0 fully saturated rings. The van der Waals surface area contributed by atoms with E-state index in [0.717, 1.165) is 28.9 Å². The number of halogens is 1. The van der Waals surface area contributed by atoms with Crippen LogP contribution in [0.25, 0.3) is 11.3 Å². The van der Waals surface area contributed by atoms with Gasteiger partial charge in [-0.15, -0.1) is 0 Å². The monoisotopic (exact) mass is 367 g/mol. The summed E-state index contributed by atoms with van der Waals surface area (Å²) in [6.45, 7) is 1.22. The maximum Gasteiger partial charge on any atom is 0.260 e. The van der Waals surface area contributed by atoms with Gasteiger partial charge < -0.3 is 9.64 Å². The highest BCUT2D eigenvalue weighted by molar-refractivity contribution is 6.30. The first kappa shape index (κ1) is 16.7. The van der Waals surface area contributed by atoms with Crippen molar-refractivity contribution >= 4 is 17.5 Å². The van der Waals surface area contributed by atoms with Gasteiger partial charge in [-0.05, 0) is 24.3 Å². The fraction of sp³-hybridized carbons (Fsp3) is 0.200. The van der Waals surface area contributed by atoms with E-state index < -0.39 is 0 Å². The molecule has 0 atom stereocenters. The van der Waals surface area contributed by atoms with E-state index in [9.17, 15) is 4.79 Å². The highest BCUT2D eigenvalue weighted by Gasteiger charge is 2.25. The summed E-state index contributed by atoms with van der Waals surface area (Å²) in [7, 11) is 0. The Hall–Kier alpha value is -2.79. The second kappa shape index (κ2) is 7.22. The van der Waals surface area contributed by atoms with Crippen LogP contribution in [0.2, 0.25) is 5.02 Å². The average molecular weight is 368 g/mol. The molecule has 6 heteroatoms. The molecule has 1 N–H and O–H groups in total. The summed E-state index contributed by atoms with van der Waals surface area (Å²) in [5.41, 5.74) is 4.01. The van der Waals surface area contributed by atoms with Crippen molar-refractivity contribution in [3.63, 3.8) is 0 Å². The SMILES string of the molecule is O=C(COc1ccccc1)N1CCc2[nH]nc(-c3ccc(Cl)cc3)c2C1. The third kappa shape index (κ3) is 3.44. The van der Waals surface area contributed by atoms with Crippen LogP contribution in [0.4, 0.5) is 0 Å². The molecule has 2 heterocycles. The number of nitrogens with one attached hydrogen (secondary N) is 1. The van der Waals surface area contributed by atoms with Crippen molar-refractivity contribution in [1.29, 1.82) is 0 Å². The molecule has 0 unspecified atom stereocenters. The number of rotatable bonds is 4. The Bertz CT molecular complexity index is 907. The molecule has 26 heavy (non-hydrogen) atoms. The Labute approximate surface area is 156 Å². The van der Waals surface area contributed by atoms with Gasteiger partial charge in [-0.2, -0.15) is 5.10 Å². The Kier molecular flexibility index (Phi) is 4.63. The zero-order valence-electron chi connectivity index (χ0n) is 14.1. The van der Waals surface area contributed by atoms with Crippen LogP contribution < -0.4 is 4.74 Å². The van der Waals surface area contributed by atoms with E-state index in [1.165, 1.54) is 0 Å². The molecule has 1 aliphatic heterocycles. The minimum absolute atomic E-state index is 0.0252. The molecule has 4 rings (SSSR count). The lowest BCUT2D eigenvalue weighted by molar-refractivity contribution is -0.134. The predicted octanol–water partition coefficient (Wildman–Crippen LogP) is 3.69. The Morgan fingerprint density at radius 1 is 1.15 bits per heavy atom. The van der Waals surface area contributed by atoms with Gasteiger partial charge in [0.05, 0.1) is 5.69 Å². The van der Waals surface area contributed by atoms with E-state index in [2.05, 4.69) is 10.2 Å². The normalized spacial score (nSPS) is 13.3. The Morgan fingerprint density at radius 2 is 1.92 bits per heavy atom. The lowest BCUT2D eigenvalue weighted by Gasteiger charge is -2.27. The number of hydrogen-bond donors (Lipinski definition) is 1. The molecule has 2 aromatic carbocycles. The summed E-state index contributed by atoms with van der Waals surface area (Å²) in [5, 5.41) is 8.24. The molecule has 132 valence electrons. The maximum absolute atomic E-state index is 12.5. The smallest absolute Gasteiger partial charge is 0.260 e. The van der Waals surface area contributed by atoms with Crippen molar-refractivity contribution in [1.82, 2.24) is 15.1 Å². The van der Waals surface area contributed by atoms with Crippen molar-refractivity contribution in [3.05, 3.63) is 70.9 Å². The van der Waals surface area contributed by atoms with Crippen LogP contribution in [-0.2, 0) is 17.8 Å². The summed E-state index contributed by atoms with van der Waals surface area (Å²) in [6, 6.07) is 16.9. The number of H-pyrrole nitrogens is 1. The lowest BCUT2D eigenvalue weighted by atomic mass is 10.0. The van der Waals surface area contributed by atoms with Crippen LogP contribution in [-0.4, -0.2) is 34.2 Å². The molecular weight excluding hydrogens is 350 g/mol. The molecule has 0 aliphatic carbocycles. The highest BCUT2D eigenvalue weighted by atomic mass is 35.5. The van der Waals surface area contributed by atoms with E-state index in [-0.39, 0.29) is 12.5 Å². The fourth-order valence-electron chi connectivity index (χ4n) is 3.11. The highest BCUT2D eigenvalue weighted by Crippen LogP contribution is 2.29. The molecular formula is C20H18ClN3O2. The van der Waals surface area contributed by atoms with Crippen molar-refractivity contribution in [2.45, 2.75) is 13.0 Å². The van der Waals surface area contributed by atoms with E-state index >= 15 is 0 Å². The average Bonchev–Trinajstić information content (AvgIpc) is 3.11. The Balaban J connectivity index is 1.47. The molecule has 3 aromatic rings. The number of ether oxygens (including phenoxy) is 1. The maximum atomic E-state index is 12.5. The van der Waals surface area contributed by atoms with Crippen molar-refractivity contribution in [2.24, 2.45) is 0 Å². The standard InChI is InChI=1S/C20H18ClN3O2/c21-15-8-6-14(7-9-15)20-17-12-24(11-10-18(17)22-23-20)19(25)13-26-16-4-2-1-3-5-16/h1-9H,10-13H2,(H,22,23). The molecule has 1 aliphatic rings. The van der Waals surface area contributed by atoms with Gasteiger partial charge in [0.1, 0.15) is 5.75 Å². The van der Waals surface area contributed by atoms with Crippen molar-refractivity contribution < 1.29 is 9.53 Å². The van der Waals surface area contributed by atoms with Crippen LogP contribution in [0.15, 0.2) is 54.6 Å². The van der Waals surface area contributed by atoms with Crippen LogP contribution >= 0.6 is 11.6 Å². The zero-order valence-corrected chi connectivity index (χ0v) is 14.9. The number of carbonyl (C=O) groups excluding carboxylic acids is 1. The van der Waals surface area contributed by atoms with E-state index in [1.54, 1.807) is 0 Å². The number of aromatic amines is 1. The zero-order chi connectivity index (χ0) is 17.9. The van der Waals surface area contributed by atoms with E-state index in [4.69, 9.17) is 16.3 Å². The van der Waals surface area contributed by atoms with Gasteiger partial charge in [0, 0.05) is 41.4 Å². The van der Waals surface area contributed by atoms with E-state index in [0.29, 0.717) is 23.9 Å². The van der Waals surface area contributed by atoms with Crippen LogP contribution in [0.3, 0.4) is 0 Å². The van der Waals surface area contributed by atoms with Gasteiger partial charge in [0.2, 0.25) is 0 Å². The number of fused-ring (bicyclic) bond motifs is 1. The third-order valence-corrected chi connectivity index (χ3v) is 4.76. The van der Waals surface area contributed by atoms with E-state index in [1.807, 2.05) is 59.5 Å². The third-order valence-electron chi connectivity index (χ3n) is 4.51. The number of benzene rings is 2. The number of nitrogens with zero attached hydrogens (tertiary/aromatic N) is 2. The molecule has 0 spiro atoms. The quantitative estimate of drug-likeness (QED) is 0.765. The largest absolute Gasteiger partial charge is 0.484 e. The lowest BCUT2D eigenvalue weighted by Crippen LogP contribution is -2.38. The molecule has 5 nitrogen and oxygen atoms in total. The summed E-state index contributed by atoms with van der Waals surface area (Å²) in [4.78, 5) is 14.4. The van der Waals surface area contributed by atoms with Gasteiger partial charge in [-0.3, -0.25) is 9.89 Å². The van der Waals surface area contributed by atoms with Crippen LogP contribution in [0.5, 0.6) is 5.75 Å². The van der Waals surface area contributed by atoms with Crippen molar-refractivity contribution in [2.75, 3.05) is 13.2 Å². The first-order valence-electron chi connectivity index (χ1n) is 8.48.